The fourth-order valence-corrected chi connectivity index (χ4v) is 2.26. The second kappa shape index (κ2) is 10.4. The Labute approximate surface area is 143 Å². The molecular formula is C18H26N2O4. The zero-order chi connectivity index (χ0) is 17.9. The molecule has 0 fully saturated rings. The highest BCUT2D eigenvalue weighted by molar-refractivity contribution is 6.04. The Kier molecular flexibility index (Phi) is 8.54. The molecule has 1 N–H and O–H groups in total. The molecule has 0 aromatic heterocycles. The minimum absolute atomic E-state index is 0.127. The Balaban J connectivity index is 2.87. The molecule has 0 atom stereocenters. The maximum absolute atomic E-state index is 12.1. The van der Waals surface area contributed by atoms with Gasteiger partial charge in [0.15, 0.2) is 0 Å². The lowest BCUT2D eigenvalue weighted by molar-refractivity contribution is -0.123. The molecule has 0 saturated carbocycles. The van der Waals surface area contributed by atoms with Gasteiger partial charge in [-0.25, -0.2) is 4.79 Å². The number of para-hydroxylation sites is 1. The molecule has 6 heteroatoms. The van der Waals surface area contributed by atoms with Gasteiger partial charge in [-0.2, -0.15) is 0 Å². The SMILES string of the molecule is CCCCCNC(=O)CN(C(C)=O)c1ccccc1C(=O)OCC. The van der Waals surface area contributed by atoms with Crippen LogP contribution in [0.1, 0.15) is 50.4 Å². The molecular weight excluding hydrogens is 308 g/mol. The number of rotatable bonds is 9. The standard InChI is InChI=1S/C18H26N2O4/c1-4-6-9-12-19-17(22)13-20(14(3)21)16-11-8-7-10-15(16)18(23)24-5-2/h7-8,10-11H,4-6,9,12-13H2,1-3H3,(H,19,22). The van der Waals surface area contributed by atoms with Crippen molar-refractivity contribution in [3.63, 3.8) is 0 Å². The second-order valence-electron chi connectivity index (χ2n) is 5.40. The van der Waals surface area contributed by atoms with Crippen LogP contribution < -0.4 is 10.2 Å². The summed E-state index contributed by atoms with van der Waals surface area (Å²) in [5.41, 5.74) is 0.653. The van der Waals surface area contributed by atoms with Crippen molar-refractivity contribution in [3.8, 4) is 0 Å². The average Bonchev–Trinajstić information content (AvgIpc) is 2.56. The third-order valence-electron chi connectivity index (χ3n) is 3.47. The maximum Gasteiger partial charge on any atom is 0.340 e. The van der Waals surface area contributed by atoms with Gasteiger partial charge in [-0.15, -0.1) is 0 Å². The Bertz CT molecular complexity index is 572. The first-order chi connectivity index (χ1) is 11.5. The Morgan fingerprint density at radius 3 is 2.46 bits per heavy atom. The molecule has 0 aliphatic heterocycles. The van der Waals surface area contributed by atoms with E-state index in [-0.39, 0.29) is 30.5 Å². The van der Waals surface area contributed by atoms with E-state index in [9.17, 15) is 14.4 Å². The third-order valence-corrected chi connectivity index (χ3v) is 3.47. The summed E-state index contributed by atoms with van der Waals surface area (Å²) in [4.78, 5) is 37.4. The predicted molar refractivity (Wildman–Crippen MR) is 93.0 cm³/mol. The van der Waals surface area contributed by atoms with Crippen LogP contribution in [0.3, 0.4) is 0 Å². The second-order valence-corrected chi connectivity index (χ2v) is 5.40. The van der Waals surface area contributed by atoms with Gasteiger partial charge in [0.1, 0.15) is 6.54 Å². The Morgan fingerprint density at radius 2 is 1.83 bits per heavy atom. The molecule has 0 heterocycles. The minimum atomic E-state index is -0.511. The van der Waals surface area contributed by atoms with Crippen molar-refractivity contribution in [3.05, 3.63) is 29.8 Å². The van der Waals surface area contributed by atoms with Crippen molar-refractivity contribution in [1.82, 2.24) is 5.32 Å². The highest BCUT2D eigenvalue weighted by atomic mass is 16.5. The number of carbonyl (C=O) groups is 3. The minimum Gasteiger partial charge on any atom is -0.462 e. The lowest BCUT2D eigenvalue weighted by Crippen LogP contribution is -2.40. The van der Waals surface area contributed by atoms with E-state index in [1.165, 1.54) is 11.8 Å². The number of amides is 2. The van der Waals surface area contributed by atoms with Gasteiger partial charge in [-0.3, -0.25) is 9.59 Å². The average molecular weight is 334 g/mol. The van der Waals surface area contributed by atoms with Crippen molar-refractivity contribution in [2.24, 2.45) is 0 Å². The van der Waals surface area contributed by atoms with Crippen molar-refractivity contribution in [2.45, 2.75) is 40.0 Å². The van der Waals surface area contributed by atoms with Gasteiger partial charge >= 0.3 is 5.97 Å². The molecule has 1 rings (SSSR count). The van der Waals surface area contributed by atoms with Gasteiger partial charge in [0.05, 0.1) is 17.9 Å². The zero-order valence-corrected chi connectivity index (χ0v) is 14.6. The summed E-state index contributed by atoms with van der Waals surface area (Å²) < 4.78 is 5.02. The molecule has 24 heavy (non-hydrogen) atoms. The zero-order valence-electron chi connectivity index (χ0n) is 14.6. The summed E-state index contributed by atoms with van der Waals surface area (Å²) in [6.45, 7) is 5.87. The van der Waals surface area contributed by atoms with Crippen molar-refractivity contribution in [2.75, 3.05) is 24.6 Å². The highest BCUT2D eigenvalue weighted by Crippen LogP contribution is 2.21. The number of carbonyl (C=O) groups excluding carboxylic acids is 3. The van der Waals surface area contributed by atoms with Gasteiger partial charge < -0.3 is 15.0 Å². The largest absolute Gasteiger partial charge is 0.462 e. The van der Waals surface area contributed by atoms with Crippen molar-refractivity contribution >= 4 is 23.5 Å². The normalized spacial score (nSPS) is 10.1. The van der Waals surface area contributed by atoms with E-state index < -0.39 is 5.97 Å². The van der Waals surface area contributed by atoms with E-state index in [0.29, 0.717) is 12.2 Å². The van der Waals surface area contributed by atoms with Crippen LogP contribution in [0.15, 0.2) is 24.3 Å². The molecule has 1 aromatic rings. The molecule has 0 radical (unpaired) electrons. The monoisotopic (exact) mass is 334 g/mol. The van der Waals surface area contributed by atoms with Crippen molar-refractivity contribution < 1.29 is 19.1 Å². The number of esters is 1. The fourth-order valence-electron chi connectivity index (χ4n) is 2.26. The maximum atomic E-state index is 12.1. The van der Waals surface area contributed by atoms with Crippen LogP contribution >= 0.6 is 0 Å². The molecule has 6 nitrogen and oxygen atoms in total. The van der Waals surface area contributed by atoms with Gasteiger partial charge in [-0.05, 0) is 25.5 Å². The van der Waals surface area contributed by atoms with Crippen LogP contribution in [0.4, 0.5) is 5.69 Å². The summed E-state index contributed by atoms with van der Waals surface area (Å²) in [7, 11) is 0. The third kappa shape index (κ3) is 6.02. The number of hydrogen-bond donors (Lipinski definition) is 1. The van der Waals surface area contributed by atoms with Gasteiger partial charge in [0, 0.05) is 13.5 Å². The quantitative estimate of drug-likeness (QED) is 0.556. The number of ether oxygens (including phenoxy) is 1. The van der Waals surface area contributed by atoms with E-state index in [2.05, 4.69) is 12.2 Å². The molecule has 0 bridgehead atoms. The van der Waals surface area contributed by atoms with Crippen molar-refractivity contribution in [1.29, 1.82) is 0 Å². The Hall–Kier alpha value is -2.37. The number of nitrogens with one attached hydrogen (secondary N) is 1. The molecule has 0 aliphatic carbocycles. The topological polar surface area (TPSA) is 75.7 Å². The molecule has 1 aromatic carbocycles. The summed E-state index contributed by atoms with van der Waals surface area (Å²) in [6, 6.07) is 6.63. The van der Waals surface area contributed by atoms with Gasteiger partial charge in [0.25, 0.3) is 0 Å². The van der Waals surface area contributed by atoms with E-state index in [1.54, 1.807) is 31.2 Å². The number of nitrogens with zero attached hydrogens (tertiary/aromatic N) is 1. The number of unbranched alkanes of at least 4 members (excludes halogenated alkanes) is 2. The summed E-state index contributed by atoms with van der Waals surface area (Å²) in [5.74, 6) is -1.07. The van der Waals surface area contributed by atoms with E-state index in [0.717, 1.165) is 19.3 Å². The highest BCUT2D eigenvalue weighted by Gasteiger charge is 2.22. The first-order valence-electron chi connectivity index (χ1n) is 8.32. The van der Waals surface area contributed by atoms with Crippen LogP contribution in [0.5, 0.6) is 0 Å². The number of anilines is 1. The summed E-state index contributed by atoms with van der Waals surface area (Å²) in [5, 5.41) is 2.80. The van der Waals surface area contributed by atoms with Gasteiger partial charge in [-0.1, -0.05) is 31.9 Å². The lowest BCUT2D eigenvalue weighted by Gasteiger charge is -2.23. The lowest BCUT2D eigenvalue weighted by atomic mass is 10.1. The molecule has 0 saturated heterocycles. The number of benzene rings is 1. The van der Waals surface area contributed by atoms with Crippen LogP contribution in [-0.4, -0.2) is 37.5 Å². The molecule has 0 unspecified atom stereocenters. The van der Waals surface area contributed by atoms with E-state index >= 15 is 0 Å². The molecule has 0 aliphatic rings. The van der Waals surface area contributed by atoms with Crippen LogP contribution in [0.25, 0.3) is 0 Å². The smallest absolute Gasteiger partial charge is 0.340 e. The summed E-state index contributed by atoms with van der Waals surface area (Å²) in [6.07, 6.45) is 3.02. The molecule has 2 amide bonds. The van der Waals surface area contributed by atoms with Crippen LogP contribution in [-0.2, 0) is 14.3 Å². The molecule has 132 valence electrons. The predicted octanol–water partition coefficient (Wildman–Crippen LogP) is 2.52. The fraction of sp³-hybridized carbons (Fsp3) is 0.500. The summed E-state index contributed by atoms with van der Waals surface area (Å²) >= 11 is 0. The van der Waals surface area contributed by atoms with Gasteiger partial charge in [0.2, 0.25) is 11.8 Å². The van der Waals surface area contributed by atoms with E-state index in [1.807, 2.05) is 0 Å². The van der Waals surface area contributed by atoms with Crippen LogP contribution in [0, 0.1) is 0 Å². The van der Waals surface area contributed by atoms with Crippen LogP contribution in [0.2, 0.25) is 0 Å². The number of hydrogen-bond acceptors (Lipinski definition) is 4. The first-order valence-corrected chi connectivity index (χ1v) is 8.32. The van der Waals surface area contributed by atoms with E-state index in [4.69, 9.17) is 4.74 Å². The first kappa shape index (κ1) is 19.7. The Morgan fingerprint density at radius 1 is 1.12 bits per heavy atom. The molecule has 0 spiro atoms.